The second-order valence-electron chi connectivity index (χ2n) is 3.11. The third-order valence-corrected chi connectivity index (χ3v) is 1.11. The van der Waals surface area contributed by atoms with Crippen LogP contribution in [-0.4, -0.2) is 23.1 Å². The largest absolute Gasteiger partial charge is 0.295 e. The molecule has 0 amide bonds. The first-order valence-electron chi connectivity index (χ1n) is 4.64. The van der Waals surface area contributed by atoms with Gasteiger partial charge in [-0.3, -0.25) is 19.2 Å². The molecule has 0 bridgehead atoms. The van der Waals surface area contributed by atoms with Crippen LogP contribution in [0.2, 0.25) is 0 Å². The zero-order chi connectivity index (χ0) is 13.1. The summed E-state index contributed by atoms with van der Waals surface area (Å²) in [6, 6.07) is 0. The second kappa shape index (κ2) is 15.2. The van der Waals surface area contributed by atoms with Crippen molar-refractivity contribution >= 4 is 23.1 Å². The standard InChI is InChI=1S/2C6H8O2.2CH4/c2*1-5(7)3-4-6(2)8;;/h2*3-4H,1-2H3;2*1H4/b4-3+;4-3-;;. The van der Waals surface area contributed by atoms with E-state index in [1.165, 1.54) is 52.0 Å². The van der Waals surface area contributed by atoms with E-state index in [9.17, 15) is 19.2 Å². The maximum atomic E-state index is 10.1. The summed E-state index contributed by atoms with van der Waals surface area (Å²) < 4.78 is 0. The number of rotatable bonds is 4. The molecule has 4 heteroatoms. The van der Waals surface area contributed by atoms with Gasteiger partial charge in [-0.25, -0.2) is 0 Å². The van der Waals surface area contributed by atoms with Crippen molar-refractivity contribution in [3.63, 3.8) is 0 Å². The molecule has 0 fully saturated rings. The third-order valence-electron chi connectivity index (χ3n) is 1.11. The van der Waals surface area contributed by atoms with E-state index >= 15 is 0 Å². The Morgan fingerprint density at radius 3 is 0.667 bits per heavy atom. The minimum atomic E-state index is -0.0970. The van der Waals surface area contributed by atoms with Gasteiger partial charge in [0.05, 0.1) is 0 Å². The fourth-order valence-electron chi connectivity index (χ4n) is 0.469. The lowest BCUT2D eigenvalue weighted by Gasteiger charge is -1.74. The summed E-state index contributed by atoms with van der Waals surface area (Å²) in [6.07, 6.45) is 5.01. The Kier molecular flexibility index (Phi) is 21.2. The van der Waals surface area contributed by atoms with Crippen molar-refractivity contribution in [3.05, 3.63) is 24.3 Å². The summed E-state index contributed by atoms with van der Waals surface area (Å²) >= 11 is 0. The molecule has 0 heterocycles. The van der Waals surface area contributed by atoms with Gasteiger partial charge in [-0.15, -0.1) is 0 Å². The van der Waals surface area contributed by atoms with E-state index in [2.05, 4.69) is 0 Å². The molecule has 0 rings (SSSR count). The van der Waals surface area contributed by atoms with Crippen LogP contribution in [0.25, 0.3) is 0 Å². The van der Waals surface area contributed by atoms with Crippen molar-refractivity contribution in [2.75, 3.05) is 0 Å². The van der Waals surface area contributed by atoms with E-state index in [-0.39, 0.29) is 38.0 Å². The monoisotopic (exact) mass is 256 g/mol. The average Bonchev–Trinajstić information content (AvgIpc) is 2.12. The molecule has 104 valence electrons. The zero-order valence-corrected chi connectivity index (χ0v) is 9.94. The van der Waals surface area contributed by atoms with Crippen LogP contribution in [0.5, 0.6) is 0 Å². The van der Waals surface area contributed by atoms with Crippen LogP contribution in [0.1, 0.15) is 42.5 Å². The van der Waals surface area contributed by atoms with Crippen LogP contribution in [0.3, 0.4) is 0 Å². The van der Waals surface area contributed by atoms with E-state index < -0.39 is 0 Å². The maximum Gasteiger partial charge on any atom is 0.152 e. The van der Waals surface area contributed by atoms with E-state index in [1.54, 1.807) is 0 Å². The van der Waals surface area contributed by atoms with Gasteiger partial charge in [-0.05, 0) is 52.0 Å². The molecule has 0 aromatic heterocycles. The lowest BCUT2D eigenvalue weighted by Crippen LogP contribution is -1.85. The Bertz CT molecular complexity index is 270. The molecule has 18 heavy (non-hydrogen) atoms. The highest BCUT2D eigenvalue weighted by molar-refractivity contribution is 5.96. The highest BCUT2D eigenvalue weighted by Gasteiger charge is 1.83. The number of hydrogen-bond donors (Lipinski definition) is 0. The molecule has 0 aromatic carbocycles. The zero-order valence-electron chi connectivity index (χ0n) is 9.94. The fourth-order valence-corrected chi connectivity index (χ4v) is 0.469. The Balaban J connectivity index is -0.0000000980. The first-order chi connectivity index (χ1) is 7.25. The third kappa shape index (κ3) is 36.8. The smallest absolute Gasteiger partial charge is 0.152 e. The van der Waals surface area contributed by atoms with E-state index in [0.29, 0.717) is 0 Å². The van der Waals surface area contributed by atoms with Gasteiger partial charge < -0.3 is 0 Å². The van der Waals surface area contributed by atoms with Crippen LogP contribution in [-0.2, 0) is 19.2 Å². The topological polar surface area (TPSA) is 68.3 Å². The van der Waals surface area contributed by atoms with Crippen molar-refractivity contribution in [1.29, 1.82) is 0 Å². The minimum absolute atomic E-state index is 0. The first kappa shape index (κ1) is 25.1. The molecule has 0 spiro atoms. The first-order valence-corrected chi connectivity index (χ1v) is 4.64. The Morgan fingerprint density at radius 2 is 0.611 bits per heavy atom. The van der Waals surface area contributed by atoms with Gasteiger partial charge in [0.25, 0.3) is 0 Å². The van der Waals surface area contributed by atoms with Gasteiger partial charge in [-0.1, -0.05) is 14.9 Å². The SMILES string of the molecule is C.C.CC(=O)/C=C/C(C)=O.CC(=O)/C=C\C(C)=O. The summed E-state index contributed by atoms with van der Waals surface area (Å²) in [5.74, 6) is -0.388. The molecule has 0 aliphatic rings. The number of hydrogen-bond acceptors (Lipinski definition) is 4. The van der Waals surface area contributed by atoms with Gasteiger partial charge in [0.15, 0.2) is 23.1 Å². The molecule has 0 aliphatic heterocycles. The van der Waals surface area contributed by atoms with E-state index in [1.807, 2.05) is 0 Å². The minimum Gasteiger partial charge on any atom is -0.295 e. The Hall–Kier alpha value is -1.84. The quantitative estimate of drug-likeness (QED) is 0.725. The lowest BCUT2D eigenvalue weighted by molar-refractivity contribution is -0.114. The predicted molar refractivity (Wildman–Crippen MR) is 74.5 cm³/mol. The van der Waals surface area contributed by atoms with E-state index in [4.69, 9.17) is 0 Å². The summed E-state index contributed by atoms with van der Waals surface area (Å²) in [5, 5.41) is 0. The van der Waals surface area contributed by atoms with Gasteiger partial charge in [-0.2, -0.15) is 0 Å². The molecular weight excluding hydrogens is 232 g/mol. The summed E-state index contributed by atoms with van der Waals surface area (Å²) in [7, 11) is 0. The number of carbonyl (C=O) groups is 4. The molecule has 4 nitrogen and oxygen atoms in total. The van der Waals surface area contributed by atoms with Gasteiger partial charge in [0, 0.05) is 0 Å². The predicted octanol–water partition coefficient (Wildman–Crippen LogP) is 2.71. The van der Waals surface area contributed by atoms with Gasteiger partial charge in [0.2, 0.25) is 0 Å². The van der Waals surface area contributed by atoms with Crippen LogP contribution in [0.4, 0.5) is 0 Å². The lowest BCUT2D eigenvalue weighted by atomic mass is 10.3. The summed E-state index contributed by atoms with van der Waals surface area (Å²) in [5.41, 5.74) is 0. The van der Waals surface area contributed by atoms with Crippen LogP contribution < -0.4 is 0 Å². The van der Waals surface area contributed by atoms with Crippen LogP contribution in [0.15, 0.2) is 24.3 Å². The van der Waals surface area contributed by atoms with Gasteiger partial charge in [0.1, 0.15) is 0 Å². The van der Waals surface area contributed by atoms with Gasteiger partial charge >= 0.3 is 0 Å². The molecule has 0 aliphatic carbocycles. The molecule has 0 atom stereocenters. The number of ketones is 4. The normalized spacial score (nSPS) is 8.67. The Morgan fingerprint density at radius 1 is 0.500 bits per heavy atom. The van der Waals surface area contributed by atoms with E-state index in [0.717, 1.165) is 0 Å². The van der Waals surface area contributed by atoms with Crippen molar-refractivity contribution in [2.24, 2.45) is 0 Å². The van der Waals surface area contributed by atoms with Crippen molar-refractivity contribution in [3.8, 4) is 0 Å². The fraction of sp³-hybridized carbons (Fsp3) is 0.429. The highest BCUT2D eigenvalue weighted by atomic mass is 16.1. The maximum absolute atomic E-state index is 10.1. The molecular formula is C14H24O4. The van der Waals surface area contributed by atoms with Crippen molar-refractivity contribution < 1.29 is 19.2 Å². The molecule has 0 aromatic rings. The molecule has 0 unspecified atom stereocenters. The molecule has 0 saturated heterocycles. The molecule has 0 radical (unpaired) electrons. The van der Waals surface area contributed by atoms with Crippen molar-refractivity contribution in [1.82, 2.24) is 0 Å². The number of carbonyl (C=O) groups excluding carboxylic acids is 4. The van der Waals surface area contributed by atoms with Crippen LogP contribution in [0, 0.1) is 0 Å². The Labute approximate surface area is 110 Å². The molecule has 0 N–H and O–H groups in total. The second-order valence-corrected chi connectivity index (χ2v) is 3.11. The average molecular weight is 256 g/mol. The van der Waals surface area contributed by atoms with Crippen molar-refractivity contribution in [2.45, 2.75) is 42.5 Å². The number of allylic oxidation sites excluding steroid dienone is 4. The van der Waals surface area contributed by atoms with Crippen LogP contribution >= 0.6 is 0 Å². The molecule has 0 saturated carbocycles. The summed E-state index contributed by atoms with van der Waals surface area (Å²) in [4.78, 5) is 40.4. The summed E-state index contributed by atoms with van der Waals surface area (Å²) in [6.45, 7) is 5.61. The highest BCUT2D eigenvalue weighted by Crippen LogP contribution is 1.76.